The van der Waals surface area contributed by atoms with Gasteiger partial charge in [0.1, 0.15) is 11.6 Å². The third-order valence-corrected chi connectivity index (χ3v) is 5.51. The number of ether oxygens (including phenoxy) is 1. The largest absolute Gasteiger partial charge is 0.497 e. The maximum Gasteiger partial charge on any atom is 0.123 e. The molecule has 1 aliphatic carbocycles. The molecule has 2 aliphatic rings. The first-order chi connectivity index (χ1) is 11.2. The van der Waals surface area contributed by atoms with Crippen LogP contribution in [-0.2, 0) is 0 Å². The van der Waals surface area contributed by atoms with Crippen LogP contribution >= 0.6 is 0 Å². The number of nitrogens with zero attached hydrogens (tertiary/aromatic N) is 1. The summed E-state index contributed by atoms with van der Waals surface area (Å²) >= 11 is 0. The molecule has 23 heavy (non-hydrogen) atoms. The Balaban J connectivity index is 1.88. The van der Waals surface area contributed by atoms with Crippen LogP contribution in [0.15, 0.2) is 42.5 Å². The first kappa shape index (κ1) is 14.7. The highest BCUT2D eigenvalue weighted by Gasteiger charge is 2.44. The monoisotopic (exact) mass is 311 g/mol. The summed E-state index contributed by atoms with van der Waals surface area (Å²) < 4.78 is 19.2. The molecule has 4 rings (SSSR count). The van der Waals surface area contributed by atoms with Crippen LogP contribution in [0.2, 0.25) is 0 Å². The van der Waals surface area contributed by atoms with Crippen LogP contribution in [-0.4, -0.2) is 25.6 Å². The lowest BCUT2D eigenvalue weighted by molar-refractivity contribution is 0.127. The number of likely N-dealkylation sites (tertiary alicyclic amines) is 1. The maximum absolute atomic E-state index is 13.8. The summed E-state index contributed by atoms with van der Waals surface area (Å²) in [4.78, 5) is 2.46. The van der Waals surface area contributed by atoms with Gasteiger partial charge >= 0.3 is 0 Å². The van der Waals surface area contributed by atoms with Crippen LogP contribution in [0.5, 0.6) is 5.75 Å². The number of hydrogen-bond donors (Lipinski definition) is 0. The molecule has 0 bridgehead atoms. The fraction of sp³-hybridized carbons (Fsp3) is 0.400. The molecule has 0 N–H and O–H groups in total. The Morgan fingerprint density at radius 1 is 1.13 bits per heavy atom. The molecule has 1 heterocycles. The van der Waals surface area contributed by atoms with Gasteiger partial charge in [-0.25, -0.2) is 4.39 Å². The first-order valence-corrected chi connectivity index (χ1v) is 8.32. The van der Waals surface area contributed by atoms with E-state index in [1.807, 2.05) is 12.1 Å². The zero-order valence-electron chi connectivity index (χ0n) is 13.6. The van der Waals surface area contributed by atoms with Gasteiger partial charge in [-0.3, -0.25) is 4.90 Å². The molecule has 0 amide bonds. The average molecular weight is 311 g/mol. The highest BCUT2D eigenvalue weighted by Crippen LogP contribution is 2.54. The van der Waals surface area contributed by atoms with E-state index in [1.165, 1.54) is 30.0 Å². The molecule has 3 heteroatoms. The van der Waals surface area contributed by atoms with E-state index in [1.54, 1.807) is 13.2 Å². The maximum atomic E-state index is 13.8. The number of methoxy groups -OCH3 is 1. The quantitative estimate of drug-likeness (QED) is 0.817. The van der Waals surface area contributed by atoms with Crippen LogP contribution in [0.4, 0.5) is 4.39 Å². The predicted octanol–water partition coefficient (Wildman–Crippen LogP) is 4.36. The lowest BCUT2D eigenvalue weighted by Gasteiger charge is -2.37. The molecule has 3 atom stereocenters. The Hall–Kier alpha value is -1.87. The van der Waals surface area contributed by atoms with Crippen molar-refractivity contribution in [3.8, 4) is 5.75 Å². The number of benzene rings is 2. The van der Waals surface area contributed by atoms with E-state index >= 15 is 0 Å². The second kappa shape index (κ2) is 5.64. The van der Waals surface area contributed by atoms with Gasteiger partial charge in [0.2, 0.25) is 0 Å². The zero-order chi connectivity index (χ0) is 16.0. The molecule has 1 aliphatic heterocycles. The van der Waals surface area contributed by atoms with Crippen LogP contribution in [0.1, 0.15) is 41.5 Å². The number of rotatable bonds is 2. The van der Waals surface area contributed by atoms with Crippen molar-refractivity contribution in [1.29, 1.82) is 0 Å². The number of fused-ring (bicyclic) bond motifs is 3. The standard InChI is InChI=1S/C20H22FNO/c1-22-10-4-7-17-19(13-5-3-6-14(21)11-13)18-12-15(23-2)8-9-16(18)20(17)22/h3,5-6,8-9,11-12,17,19-20H,4,7,10H2,1-2H3. The van der Waals surface area contributed by atoms with E-state index in [0.29, 0.717) is 12.0 Å². The second-order valence-electron chi connectivity index (χ2n) is 6.76. The summed E-state index contributed by atoms with van der Waals surface area (Å²) in [6, 6.07) is 13.9. The third kappa shape index (κ3) is 2.34. The van der Waals surface area contributed by atoms with Gasteiger partial charge in [0.15, 0.2) is 0 Å². The molecule has 0 spiro atoms. The van der Waals surface area contributed by atoms with Gasteiger partial charge in [-0.15, -0.1) is 0 Å². The van der Waals surface area contributed by atoms with Crippen molar-refractivity contribution in [2.24, 2.45) is 5.92 Å². The van der Waals surface area contributed by atoms with Crippen molar-refractivity contribution < 1.29 is 9.13 Å². The number of piperidine rings is 1. The normalized spacial score (nSPS) is 26.7. The Kier molecular flexibility index (Phi) is 3.61. The Morgan fingerprint density at radius 2 is 2.00 bits per heavy atom. The van der Waals surface area contributed by atoms with E-state index in [4.69, 9.17) is 4.74 Å². The Bertz CT molecular complexity index is 729. The molecule has 1 fully saturated rings. The summed E-state index contributed by atoms with van der Waals surface area (Å²) in [6.45, 7) is 1.13. The molecule has 2 aromatic carbocycles. The fourth-order valence-electron chi connectivity index (χ4n) is 4.59. The van der Waals surface area contributed by atoms with E-state index in [2.05, 4.69) is 30.1 Å². The second-order valence-corrected chi connectivity index (χ2v) is 6.76. The van der Waals surface area contributed by atoms with Crippen LogP contribution in [0.3, 0.4) is 0 Å². The molecule has 1 saturated heterocycles. The SMILES string of the molecule is COc1ccc2c(c1)C(c1cccc(F)c1)C1CCCN(C)C21. The van der Waals surface area contributed by atoms with Crippen LogP contribution in [0, 0.1) is 11.7 Å². The van der Waals surface area contributed by atoms with Crippen molar-refractivity contribution in [1.82, 2.24) is 4.90 Å². The number of halogens is 1. The average Bonchev–Trinajstić information content (AvgIpc) is 2.89. The topological polar surface area (TPSA) is 12.5 Å². The van der Waals surface area contributed by atoms with Crippen LogP contribution < -0.4 is 4.74 Å². The molecule has 0 aromatic heterocycles. The minimum absolute atomic E-state index is 0.153. The van der Waals surface area contributed by atoms with Crippen LogP contribution in [0.25, 0.3) is 0 Å². The lowest BCUT2D eigenvalue weighted by atomic mass is 9.80. The highest BCUT2D eigenvalue weighted by atomic mass is 19.1. The van der Waals surface area contributed by atoms with E-state index in [-0.39, 0.29) is 11.7 Å². The minimum atomic E-state index is -0.153. The smallest absolute Gasteiger partial charge is 0.123 e. The van der Waals surface area contributed by atoms with Gasteiger partial charge in [-0.05, 0) is 73.3 Å². The van der Waals surface area contributed by atoms with E-state index < -0.39 is 0 Å². The minimum Gasteiger partial charge on any atom is -0.497 e. The summed E-state index contributed by atoms with van der Waals surface area (Å²) in [5.41, 5.74) is 3.77. The summed E-state index contributed by atoms with van der Waals surface area (Å²) in [7, 11) is 3.91. The van der Waals surface area contributed by atoms with Gasteiger partial charge in [0, 0.05) is 12.0 Å². The number of hydrogen-bond acceptors (Lipinski definition) is 2. The van der Waals surface area contributed by atoms with E-state index in [0.717, 1.165) is 17.9 Å². The molecule has 2 nitrogen and oxygen atoms in total. The molecule has 0 radical (unpaired) electrons. The highest BCUT2D eigenvalue weighted by molar-refractivity contribution is 5.49. The van der Waals surface area contributed by atoms with E-state index in [9.17, 15) is 4.39 Å². The van der Waals surface area contributed by atoms with Gasteiger partial charge in [0.05, 0.1) is 7.11 Å². The van der Waals surface area contributed by atoms with Gasteiger partial charge < -0.3 is 4.74 Å². The molecular formula is C20H22FNO. The Labute approximate surface area is 136 Å². The third-order valence-electron chi connectivity index (χ3n) is 5.51. The van der Waals surface area contributed by atoms with Crippen molar-refractivity contribution in [2.75, 3.05) is 20.7 Å². The summed E-state index contributed by atoms with van der Waals surface area (Å²) in [6.07, 6.45) is 2.39. The summed E-state index contributed by atoms with van der Waals surface area (Å²) in [5.74, 6) is 1.49. The summed E-state index contributed by atoms with van der Waals surface area (Å²) in [5, 5.41) is 0. The predicted molar refractivity (Wildman–Crippen MR) is 89.3 cm³/mol. The van der Waals surface area contributed by atoms with Gasteiger partial charge in [-0.1, -0.05) is 18.2 Å². The molecule has 120 valence electrons. The fourth-order valence-corrected chi connectivity index (χ4v) is 4.59. The van der Waals surface area contributed by atoms with Crippen molar-refractivity contribution in [2.45, 2.75) is 24.8 Å². The van der Waals surface area contributed by atoms with Gasteiger partial charge in [-0.2, -0.15) is 0 Å². The molecule has 3 unspecified atom stereocenters. The molecule has 0 saturated carbocycles. The zero-order valence-corrected chi connectivity index (χ0v) is 13.6. The molecule has 2 aromatic rings. The van der Waals surface area contributed by atoms with Crippen molar-refractivity contribution >= 4 is 0 Å². The lowest BCUT2D eigenvalue weighted by Crippen LogP contribution is -2.34. The first-order valence-electron chi connectivity index (χ1n) is 8.32. The van der Waals surface area contributed by atoms with Crippen molar-refractivity contribution in [3.05, 3.63) is 65.0 Å². The Morgan fingerprint density at radius 3 is 2.78 bits per heavy atom. The molecular weight excluding hydrogens is 289 g/mol. The van der Waals surface area contributed by atoms with Gasteiger partial charge in [0.25, 0.3) is 0 Å². The van der Waals surface area contributed by atoms with Crippen molar-refractivity contribution in [3.63, 3.8) is 0 Å².